The molecule has 7 nitrogen and oxygen atoms in total. The van der Waals surface area contributed by atoms with Gasteiger partial charge >= 0.3 is 17.9 Å². The van der Waals surface area contributed by atoms with Crippen molar-refractivity contribution in [2.24, 2.45) is 0 Å². The molecule has 1 saturated heterocycles. The molecule has 0 radical (unpaired) electrons. The average Bonchev–Trinajstić information content (AvgIpc) is 3.26. The number of carbonyl (C=O) groups excluding carboxylic acids is 3. The van der Waals surface area contributed by atoms with Crippen LogP contribution in [0.15, 0.2) is 48.1 Å². The van der Waals surface area contributed by atoms with Crippen LogP contribution in [0.25, 0.3) is 0 Å². The molecule has 1 aromatic rings. The highest BCUT2D eigenvalue weighted by molar-refractivity contribution is 6.10. The minimum absolute atomic E-state index is 0.0185. The summed E-state index contributed by atoms with van der Waals surface area (Å²) in [6.07, 6.45) is 2.73. The Morgan fingerprint density at radius 1 is 1.04 bits per heavy atom. The van der Waals surface area contributed by atoms with Crippen LogP contribution in [-0.2, 0) is 45.4 Å². The van der Waals surface area contributed by atoms with Crippen LogP contribution < -0.4 is 0 Å². The molecule has 0 N–H and O–H groups in total. The first-order valence-corrected chi connectivity index (χ1v) is 8.81. The van der Waals surface area contributed by atoms with Crippen LogP contribution in [0.5, 0.6) is 0 Å². The molecule has 148 valence electrons. The number of ether oxygens (including phenoxy) is 4. The zero-order chi connectivity index (χ0) is 20.5. The molecule has 28 heavy (non-hydrogen) atoms. The molecule has 0 aromatic heterocycles. The van der Waals surface area contributed by atoms with Crippen molar-refractivity contribution in [2.45, 2.75) is 30.5 Å². The van der Waals surface area contributed by atoms with E-state index in [2.05, 4.69) is 6.58 Å². The molecule has 2 heterocycles. The number of allylic oxidation sites excluding steroid dienone is 1. The second-order valence-electron chi connectivity index (χ2n) is 6.63. The summed E-state index contributed by atoms with van der Waals surface area (Å²) in [4.78, 5) is 38.2. The molecule has 0 amide bonds. The number of carbonyl (C=O) groups is 3. The van der Waals surface area contributed by atoms with Crippen molar-refractivity contribution >= 4 is 17.9 Å². The smallest absolute Gasteiger partial charge is 0.343 e. The summed E-state index contributed by atoms with van der Waals surface area (Å²) in [5.74, 6) is -2.33. The number of benzene rings is 1. The van der Waals surface area contributed by atoms with Crippen molar-refractivity contribution in [3.05, 3.63) is 59.2 Å². The topological polar surface area (TPSA) is 88.1 Å². The lowest BCUT2D eigenvalue weighted by Gasteiger charge is -2.29. The standard InChI is InChI=1S/C21H22O7/c1-5-8-13-9-6-7-10-14(13)20-11-12-21(28-20,19(24)27-4)16(18(23)26-3)15(20)17(22)25-2/h5-7,9-10H,1,8,11-12H2,2-4H3. The normalized spacial score (nSPS) is 25.4. The summed E-state index contributed by atoms with van der Waals surface area (Å²) in [5.41, 5.74) is -1.66. The number of hydrogen-bond acceptors (Lipinski definition) is 7. The van der Waals surface area contributed by atoms with Crippen LogP contribution in [0.2, 0.25) is 0 Å². The Morgan fingerprint density at radius 3 is 2.29 bits per heavy atom. The maximum atomic E-state index is 12.8. The van der Waals surface area contributed by atoms with Crippen LogP contribution in [0.1, 0.15) is 24.0 Å². The second-order valence-corrected chi connectivity index (χ2v) is 6.63. The highest BCUT2D eigenvalue weighted by Crippen LogP contribution is 2.60. The van der Waals surface area contributed by atoms with Gasteiger partial charge in [0.05, 0.1) is 32.5 Å². The summed E-state index contributed by atoms with van der Waals surface area (Å²) in [6, 6.07) is 7.37. The molecule has 2 aliphatic rings. The van der Waals surface area contributed by atoms with Crippen molar-refractivity contribution in [1.82, 2.24) is 0 Å². The summed E-state index contributed by atoms with van der Waals surface area (Å²) < 4.78 is 21.0. The van der Waals surface area contributed by atoms with Gasteiger partial charge in [-0.25, -0.2) is 14.4 Å². The van der Waals surface area contributed by atoms with E-state index < -0.39 is 29.1 Å². The highest BCUT2D eigenvalue weighted by Gasteiger charge is 2.70. The number of rotatable bonds is 6. The van der Waals surface area contributed by atoms with E-state index >= 15 is 0 Å². The summed E-state index contributed by atoms with van der Waals surface area (Å²) >= 11 is 0. The van der Waals surface area contributed by atoms with Gasteiger partial charge in [-0.1, -0.05) is 30.3 Å². The van der Waals surface area contributed by atoms with E-state index in [1.165, 1.54) is 21.3 Å². The Hall–Kier alpha value is -2.93. The molecule has 7 heteroatoms. The van der Waals surface area contributed by atoms with E-state index in [0.717, 1.165) is 5.56 Å². The van der Waals surface area contributed by atoms with Gasteiger partial charge in [0.25, 0.3) is 0 Å². The van der Waals surface area contributed by atoms with Crippen molar-refractivity contribution in [3.63, 3.8) is 0 Å². The molecular formula is C21H22O7. The third-order valence-electron chi connectivity index (χ3n) is 5.35. The van der Waals surface area contributed by atoms with E-state index in [0.29, 0.717) is 18.4 Å². The maximum absolute atomic E-state index is 12.8. The number of fused-ring (bicyclic) bond motifs is 2. The lowest BCUT2D eigenvalue weighted by molar-refractivity contribution is -0.167. The predicted molar refractivity (Wildman–Crippen MR) is 98.1 cm³/mol. The fraction of sp³-hybridized carbons (Fsp3) is 0.381. The lowest BCUT2D eigenvalue weighted by atomic mass is 9.72. The predicted octanol–water partition coefficient (Wildman–Crippen LogP) is 1.99. The first kappa shape index (κ1) is 19.8. The maximum Gasteiger partial charge on any atom is 0.343 e. The minimum Gasteiger partial charge on any atom is -0.467 e. The van der Waals surface area contributed by atoms with Crippen LogP contribution in [-0.4, -0.2) is 44.8 Å². The fourth-order valence-electron chi connectivity index (χ4n) is 4.23. The quantitative estimate of drug-likeness (QED) is 0.420. The molecule has 1 aromatic carbocycles. The Labute approximate surface area is 162 Å². The molecule has 2 bridgehead atoms. The van der Waals surface area contributed by atoms with Gasteiger partial charge in [-0.3, -0.25) is 0 Å². The number of methoxy groups -OCH3 is 3. The number of esters is 3. The van der Waals surface area contributed by atoms with E-state index in [4.69, 9.17) is 18.9 Å². The molecule has 0 aliphatic carbocycles. The van der Waals surface area contributed by atoms with Gasteiger partial charge in [-0.2, -0.15) is 0 Å². The first-order valence-electron chi connectivity index (χ1n) is 8.81. The largest absolute Gasteiger partial charge is 0.467 e. The van der Waals surface area contributed by atoms with Gasteiger partial charge in [-0.05, 0) is 30.4 Å². The van der Waals surface area contributed by atoms with E-state index in [1.807, 2.05) is 24.3 Å². The highest BCUT2D eigenvalue weighted by atomic mass is 16.6. The van der Waals surface area contributed by atoms with Crippen LogP contribution in [0.4, 0.5) is 0 Å². The molecule has 2 atom stereocenters. The van der Waals surface area contributed by atoms with Gasteiger partial charge in [0.15, 0.2) is 5.60 Å². The van der Waals surface area contributed by atoms with Crippen molar-refractivity contribution in [3.8, 4) is 0 Å². The molecule has 2 unspecified atom stereocenters. The van der Waals surface area contributed by atoms with E-state index in [9.17, 15) is 14.4 Å². The zero-order valence-corrected chi connectivity index (χ0v) is 16.1. The summed E-state index contributed by atoms with van der Waals surface area (Å²) in [5, 5.41) is 0. The Balaban J connectivity index is 2.35. The summed E-state index contributed by atoms with van der Waals surface area (Å²) in [6.45, 7) is 3.77. The molecule has 0 spiro atoms. The van der Waals surface area contributed by atoms with Crippen molar-refractivity contribution < 1.29 is 33.3 Å². The van der Waals surface area contributed by atoms with E-state index in [-0.39, 0.29) is 17.6 Å². The summed E-state index contributed by atoms with van der Waals surface area (Å²) in [7, 11) is 3.60. The van der Waals surface area contributed by atoms with Gasteiger partial charge in [-0.15, -0.1) is 6.58 Å². The fourth-order valence-corrected chi connectivity index (χ4v) is 4.23. The van der Waals surface area contributed by atoms with Crippen LogP contribution in [0.3, 0.4) is 0 Å². The Morgan fingerprint density at radius 2 is 1.68 bits per heavy atom. The van der Waals surface area contributed by atoms with Crippen molar-refractivity contribution in [2.75, 3.05) is 21.3 Å². The lowest BCUT2D eigenvalue weighted by Crippen LogP contribution is -2.42. The second kappa shape index (κ2) is 7.24. The first-order chi connectivity index (χ1) is 13.4. The molecule has 1 fully saturated rings. The monoisotopic (exact) mass is 386 g/mol. The molecule has 2 aliphatic heterocycles. The average molecular weight is 386 g/mol. The van der Waals surface area contributed by atoms with Gasteiger partial charge in [0.1, 0.15) is 5.60 Å². The zero-order valence-electron chi connectivity index (χ0n) is 16.1. The molecular weight excluding hydrogens is 364 g/mol. The third-order valence-corrected chi connectivity index (χ3v) is 5.35. The van der Waals surface area contributed by atoms with Gasteiger partial charge in [0.2, 0.25) is 0 Å². The number of hydrogen-bond donors (Lipinski definition) is 0. The SMILES string of the molecule is C=CCc1ccccc1C12CCC(C(=O)OC)(O1)C(C(=O)OC)=C2C(=O)OC. The Bertz CT molecular complexity index is 884. The molecule has 0 saturated carbocycles. The third kappa shape index (κ3) is 2.57. The van der Waals surface area contributed by atoms with Crippen LogP contribution in [0, 0.1) is 0 Å². The van der Waals surface area contributed by atoms with Crippen LogP contribution >= 0.6 is 0 Å². The van der Waals surface area contributed by atoms with E-state index in [1.54, 1.807) is 6.08 Å². The Kier molecular flexibility index (Phi) is 5.12. The van der Waals surface area contributed by atoms with Crippen molar-refractivity contribution in [1.29, 1.82) is 0 Å². The molecule has 3 rings (SSSR count). The minimum atomic E-state index is -1.72. The van der Waals surface area contributed by atoms with Gasteiger partial charge < -0.3 is 18.9 Å². The van der Waals surface area contributed by atoms with Gasteiger partial charge in [0, 0.05) is 0 Å².